The number of fused-ring (bicyclic) bond motifs is 1. The molecule has 0 fully saturated rings. The van der Waals surface area contributed by atoms with Crippen molar-refractivity contribution in [2.45, 2.75) is 32.1 Å². The van der Waals surface area contributed by atoms with E-state index in [1.165, 1.54) is 0 Å². The lowest BCUT2D eigenvalue weighted by Gasteiger charge is -2.08. The molecule has 0 saturated carbocycles. The second kappa shape index (κ2) is 3.84. The second-order valence-electron chi connectivity index (χ2n) is 3.72. The highest BCUT2D eigenvalue weighted by Crippen LogP contribution is 2.22. The summed E-state index contributed by atoms with van der Waals surface area (Å²) in [6.45, 7) is 0. The van der Waals surface area contributed by atoms with Crippen molar-refractivity contribution in [1.82, 2.24) is 9.97 Å². The molecule has 0 amide bonds. The maximum absolute atomic E-state index is 11.0. The number of aromatic nitrogens is 2. The predicted molar refractivity (Wildman–Crippen MR) is 54.7 cm³/mol. The average molecular weight is 207 g/mol. The lowest BCUT2D eigenvalue weighted by atomic mass is 10.1. The third kappa shape index (κ3) is 1.91. The lowest BCUT2D eigenvalue weighted by molar-refractivity contribution is 0.0689. The third-order valence-corrected chi connectivity index (χ3v) is 2.65. The van der Waals surface area contributed by atoms with Crippen LogP contribution in [0.25, 0.3) is 0 Å². The summed E-state index contributed by atoms with van der Waals surface area (Å²) in [5.74, 6) is -0.949. The molecule has 3 N–H and O–H groups in total. The summed E-state index contributed by atoms with van der Waals surface area (Å²) in [5, 5.41) is 9.01. The smallest absolute Gasteiger partial charge is 0.354 e. The number of hydrogen-bond donors (Lipinski definition) is 2. The first-order valence-corrected chi connectivity index (χ1v) is 5.07. The zero-order valence-corrected chi connectivity index (χ0v) is 8.36. The Hall–Kier alpha value is -1.65. The second-order valence-corrected chi connectivity index (χ2v) is 3.72. The number of aryl methyl sites for hydroxylation is 1. The van der Waals surface area contributed by atoms with Crippen LogP contribution in [0.1, 0.15) is 41.0 Å². The average Bonchev–Trinajstić information content (AvgIpc) is 2.41. The summed E-state index contributed by atoms with van der Waals surface area (Å²) in [7, 11) is 0. The third-order valence-electron chi connectivity index (χ3n) is 2.65. The molecule has 80 valence electrons. The fourth-order valence-electron chi connectivity index (χ4n) is 1.97. The van der Waals surface area contributed by atoms with Crippen LogP contribution in [0.15, 0.2) is 0 Å². The number of nitrogens with zero attached hydrogens (tertiary/aromatic N) is 2. The molecule has 0 aromatic carbocycles. The number of rotatable bonds is 1. The number of anilines is 1. The quantitative estimate of drug-likeness (QED) is 0.671. The van der Waals surface area contributed by atoms with Gasteiger partial charge in [0.15, 0.2) is 5.69 Å². The fourth-order valence-corrected chi connectivity index (χ4v) is 1.97. The normalized spacial score (nSPS) is 15.5. The standard InChI is InChI=1S/C10H13N3O2/c11-10-12-7-5-3-1-2-4-6(7)8(13-10)9(14)15/h1-5H2,(H,14,15)(H2,11,12,13). The van der Waals surface area contributed by atoms with Crippen molar-refractivity contribution in [2.75, 3.05) is 5.73 Å². The summed E-state index contributed by atoms with van der Waals surface area (Å²) in [5.41, 5.74) is 7.16. The first-order valence-electron chi connectivity index (χ1n) is 5.07. The summed E-state index contributed by atoms with van der Waals surface area (Å²) in [4.78, 5) is 18.9. The van der Waals surface area contributed by atoms with Gasteiger partial charge in [-0.2, -0.15) is 0 Å². The molecule has 2 rings (SSSR count). The molecule has 0 saturated heterocycles. The van der Waals surface area contributed by atoms with Crippen LogP contribution >= 0.6 is 0 Å². The van der Waals surface area contributed by atoms with Crippen LogP contribution < -0.4 is 5.73 Å². The number of carboxylic acids is 1. The van der Waals surface area contributed by atoms with Gasteiger partial charge in [-0.05, 0) is 25.7 Å². The molecule has 0 spiro atoms. The van der Waals surface area contributed by atoms with Crippen molar-refractivity contribution >= 4 is 11.9 Å². The van der Waals surface area contributed by atoms with Gasteiger partial charge in [-0.25, -0.2) is 14.8 Å². The van der Waals surface area contributed by atoms with Crippen LogP contribution in [0.3, 0.4) is 0 Å². The molecule has 0 bridgehead atoms. The Morgan fingerprint density at radius 3 is 2.67 bits per heavy atom. The maximum Gasteiger partial charge on any atom is 0.354 e. The highest BCUT2D eigenvalue weighted by atomic mass is 16.4. The highest BCUT2D eigenvalue weighted by Gasteiger charge is 2.19. The van der Waals surface area contributed by atoms with Crippen LogP contribution in [0, 0.1) is 0 Å². The number of aromatic carboxylic acids is 1. The van der Waals surface area contributed by atoms with Crippen molar-refractivity contribution in [1.29, 1.82) is 0 Å². The van der Waals surface area contributed by atoms with E-state index in [4.69, 9.17) is 10.8 Å². The topological polar surface area (TPSA) is 89.1 Å². The van der Waals surface area contributed by atoms with Gasteiger partial charge in [0.05, 0.1) is 5.69 Å². The van der Waals surface area contributed by atoms with Crippen LogP contribution in [0.4, 0.5) is 5.95 Å². The van der Waals surface area contributed by atoms with Gasteiger partial charge in [-0.3, -0.25) is 0 Å². The monoisotopic (exact) mass is 207 g/mol. The summed E-state index contributed by atoms with van der Waals surface area (Å²) in [6.07, 6.45) is 4.71. The number of nitrogens with two attached hydrogens (primary N) is 1. The molecule has 1 heterocycles. The Balaban J connectivity index is 2.54. The van der Waals surface area contributed by atoms with E-state index >= 15 is 0 Å². The van der Waals surface area contributed by atoms with Gasteiger partial charge in [0.1, 0.15) is 0 Å². The van der Waals surface area contributed by atoms with Gasteiger partial charge in [-0.1, -0.05) is 6.42 Å². The molecular formula is C10H13N3O2. The number of carbonyl (C=O) groups is 1. The van der Waals surface area contributed by atoms with E-state index in [-0.39, 0.29) is 11.6 Å². The first kappa shape index (κ1) is 9.89. The first-order chi connectivity index (χ1) is 7.18. The predicted octanol–water partition coefficient (Wildman–Crippen LogP) is 1.03. The number of hydrogen-bond acceptors (Lipinski definition) is 4. The molecular weight excluding hydrogens is 194 g/mol. The molecule has 15 heavy (non-hydrogen) atoms. The van der Waals surface area contributed by atoms with Gasteiger partial charge in [0.25, 0.3) is 0 Å². The van der Waals surface area contributed by atoms with E-state index in [1.54, 1.807) is 0 Å². The van der Waals surface area contributed by atoms with E-state index in [0.29, 0.717) is 0 Å². The molecule has 0 aliphatic heterocycles. The molecule has 1 aromatic rings. The molecule has 0 radical (unpaired) electrons. The molecule has 5 nitrogen and oxygen atoms in total. The van der Waals surface area contributed by atoms with Crippen LogP contribution in [0.2, 0.25) is 0 Å². The number of carboxylic acid groups (broad SMARTS) is 1. The van der Waals surface area contributed by atoms with Gasteiger partial charge in [0.2, 0.25) is 5.95 Å². The highest BCUT2D eigenvalue weighted by molar-refractivity contribution is 5.87. The van der Waals surface area contributed by atoms with Crippen molar-refractivity contribution in [2.24, 2.45) is 0 Å². The molecule has 1 aromatic heterocycles. The Morgan fingerprint density at radius 1 is 1.20 bits per heavy atom. The molecule has 1 aliphatic rings. The summed E-state index contributed by atoms with van der Waals surface area (Å²) in [6, 6.07) is 0. The van der Waals surface area contributed by atoms with Crippen molar-refractivity contribution < 1.29 is 9.90 Å². The van der Waals surface area contributed by atoms with Crippen LogP contribution in [-0.2, 0) is 12.8 Å². The van der Waals surface area contributed by atoms with E-state index in [1.807, 2.05) is 0 Å². The molecule has 0 atom stereocenters. The minimum absolute atomic E-state index is 0.0630. The Bertz CT molecular complexity index is 404. The Kier molecular flexibility index (Phi) is 2.53. The van der Waals surface area contributed by atoms with Crippen LogP contribution in [-0.4, -0.2) is 21.0 Å². The molecule has 5 heteroatoms. The van der Waals surface area contributed by atoms with Gasteiger partial charge >= 0.3 is 5.97 Å². The maximum atomic E-state index is 11.0. The van der Waals surface area contributed by atoms with E-state index < -0.39 is 5.97 Å². The van der Waals surface area contributed by atoms with Gasteiger partial charge in [0, 0.05) is 5.56 Å². The Labute approximate surface area is 87.4 Å². The lowest BCUT2D eigenvalue weighted by Crippen LogP contribution is -2.12. The van der Waals surface area contributed by atoms with E-state index in [2.05, 4.69) is 9.97 Å². The minimum atomic E-state index is -1.01. The van der Waals surface area contributed by atoms with Crippen molar-refractivity contribution in [3.05, 3.63) is 17.0 Å². The molecule has 1 aliphatic carbocycles. The molecule has 0 unspecified atom stereocenters. The van der Waals surface area contributed by atoms with Gasteiger partial charge in [-0.15, -0.1) is 0 Å². The zero-order chi connectivity index (χ0) is 10.8. The van der Waals surface area contributed by atoms with Crippen molar-refractivity contribution in [3.63, 3.8) is 0 Å². The van der Waals surface area contributed by atoms with E-state index in [9.17, 15) is 4.79 Å². The summed E-state index contributed by atoms with van der Waals surface area (Å²) >= 11 is 0. The number of nitrogen functional groups attached to an aromatic ring is 1. The summed E-state index contributed by atoms with van der Waals surface area (Å²) < 4.78 is 0. The van der Waals surface area contributed by atoms with Crippen molar-refractivity contribution in [3.8, 4) is 0 Å². The fraction of sp³-hybridized carbons (Fsp3) is 0.500. The largest absolute Gasteiger partial charge is 0.476 e. The SMILES string of the molecule is Nc1nc2c(c(C(=O)O)n1)CCCCC2. The zero-order valence-electron chi connectivity index (χ0n) is 8.36. The minimum Gasteiger partial charge on any atom is -0.476 e. The van der Waals surface area contributed by atoms with Crippen LogP contribution in [0.5, 0.6) is 0 Å². The Morgan fingerprint density at radius 2 is 1.93 bits per heavy atom. The van der Waals surface area contributed by atoms with Gasteiger partial charge < -0.3 is 10.8 Å². The van der Waals surface area contributed by atoms with E-state index in [0.717, 1.165) is 43.4 Å².